The van der Waals surface area contributed by atoms with E-state index in [1.54, 1.807) is 32.2 Å². The summed E-state index contributed by atoms with van der Waals surface area (Å²) < 4.78 is 6.69. The number of rotatable bonds is 9. The average Bonchev–Trinajstić information content (AvgIpc) is 3.35. The van der Waals surface area contributed by atoms with Crippen molar-refractivity contribution >= 4 is 27.7 Å². The summed E-state index contributed by atoms with van der Waals surface area (Å²) in [5, 5.41) is 18.5. The zero-order valence-corrected chi connectivity index (χ0v) is 27.5. The van der Waals surface area contributed by atoms with E-state index in [9.17, 15) is 14.7 Å². The number of ether oxygens (including phenoxy) is 1. The Labute approximate surface area is 263 Å². The van der Waals surface area contributed by atoms with Crippen LogP contribution in [0, 0.1) is 29.1 Å². The van der Waals surface area contributed by atoms with Gasteiger partial charge in [-0.25, -0.2) is 0 Å². The van der Waals surface area contributed by atoms with Gasteiger partial charge in [0.2, 0.25) is 5.91 Å². The first-order valence-electron chi connectivity index (χ1n) is 15.2. The van der Waals surface area contributed by atoms with E-state index >= 15 is 0 Å². The number of carbonyl (C=O) groups is 2. The van der Waals surface area contributed by atoms with Crippen molar-refractivity contribution < 1.29 is 24.3 Å². The second kappa shape index (κ2) is 12.5. The monoisotopic (exact) mass is 656 g/mol. The molecule has 1 saturated heterocycles. The van der Waals surface area contributed by atoms with Gasteiger partial charge < -0.3 is 26.2 Å². The Morgan fingerprint density at radius 1 is 1.26 bits per heavy atom. The predicted molar refractivity (Wildman–Crippen MR) is 169 cm³/mol. The van der Waals surface area contributed by atoms with Crippen LogP contribution >= 0.6 is 15.9 Å². The van der Waals surface area contributed by atoms with Gasteiger partial charge in [-0.15, -0.1) is 0 Å². The Balaban J connectivity index is 1.44. The van der Waals surface area contributed by atoms with Crippen molar-refractivity contribution in [2.75, 3.05) is 20.7 Å². The van der Waals surface area contributed by atoms with Crippen LogP contribution in [0.15, 0.2) is 40.9 Å². The number of fused-ring (bicyclic) bond motifs is 2. The molecule has 2 bridgehead atoms. The first-order valence-corrected chi connectivity index (χ1v) is 16.0. The van der Waals surface area contributed by atoms with Gasteiger partial charge in [0.25, 0.3) is 5.91 Å². The average molecular weight is 658 g/mol. The molecule has 3 saturated carbocycles. The van der Waals surface area contributed by atoms with Crippen molar-refractivity contribution in [3.8, 4) is 16.9 Å². The minimum Gasteiger partial charge on any atom is -0.496 e. The zero-order valence-electron chi connectivity index (χ0n) is 25.9. The number of nitrogens with one attached hydrogen (secondary N) is 2. The smallest absolute Gasteiger partial charge is 0.251 e. The lowest BCUT2D eigenvalue weighted by Gasteiger charge is -2.62. The maximum absolute atomic E-state index is 14.1. The molecule has 43 heavy (non-hydrogen) atoms. The van der Waals surface area contributed by atoms with E-state index in [-0.39, 0.29) is 30.9 Å². The molecule has 2 aromatic carbocycles. The first-order chi connectivity index (χ1) is 20.4. The van der Waals surface area contributed by atoms with Crippen molar-refractivity contribution in [2.24, 2.45) is 34.8 Å². The minimum atomic E-state index is -0.802. The lowest BCUT2D eigenvalue weighted by atomic mass is 9.45. The van der Waals surface area contributed by atoms with E-state index in [0.29, 0.717) is 34.5 Å². The molecule has 0 radical (unpaired) electrons. The second-order valence-corrected chi connectivity index (χ2v) is 14.0. The molecule has 1 heterocycles. The number of benzene rings is 2. The lowest BCUT2D eigenvalue weighted by molar-refractivity contribution is -0.175. The fourth-order valence-electron chi connectivity index (χ4n) is 7.90. The quantitative estimate of drug-likeness (QED) is 0.320. The van der Waals surface area contributed by atoms with Crippen molar-refractivity contribution in [1.29, 1.82) is 0 Å². The van der Waals surface area contributed by atoms with Crippen molar-refractivity contribution in [2.45, 2.75) is 71.4 Å². The van der Waals surface area contributed by atoms with Gasteiger partial charge in [-0.1, -0.05) is 54.9 Å². The Hall–Kier alpha value is -2.50. The number of amides is 2. The maximum Gasteiger partial charge on any atom is 0.251 e. The summed E-state index contributed by atoms with van der Waals surface area (Å²) in [7, 11) is 3.20. The molecule has 1 aliphatic heterocycles. The van der Waals surface area contributed by atoms with Crippen LogP contribution in [0.1, 0.15) is 56.5 Å². The zero-order chi connectivity index (χ0) is 31.2. The molecule has 4 aliphatic rings. The molecule has 4 fully saturated rings. The van der Waals surface area contributed by atoms with Crippen LogP contribution in [0.2, 0.25) is 0 Å². The molecule has 10 heteroatoms. The number of hydrogen-bond acceptors (Lipinski definition) is 7. The molecular formula is C33H45BrN4O5. The van der Waals surface area contributed by atoms with Gasteiger partial charge in [0.05, 0.1) is 25.9 Å². The Bertz CT molecular complexity index is 1370. The van der Waals surface area contributed by atoms with E-state index < -0.39 is 24.2 Å². The highest BCUT2D eigenvalue weighted by molar-refractivity contribution is 9.10. The minimum absolute atomic E-state index is 0.0848. The number of carbonyl (C=O) groups excluding carboxylic acids is 2. The normalized spacial score (nSPS) is 30.3. The fraction of sp³-hybridized carbons (Fsp3) is 0.576. The molecular weight excluding hydrogens is 612 g/mol. The largest absolute Gasteiger partial charge is 0.496 e. The van der Waals surface area contributed by atoms with Crippen molar-refractivity contribution in [1.82, 2.24) is 15.7 Å². The molecule has 234 valence electrons. The van der Waals surface area contributed by atoms with Crippen molar-refractivity contribution in [3.63, 3.8) is 0 Å². The van der Waals surface area contributed by atoms with Gasteiger partial charge in [0, 0.05) is 46.7 Å². The van der Waals surface area contributed by atoms with Crippen LogP contribution < -0.4 is 21.1 Å². The number of hydroxylamine groups is 2. The first kappa shape index (κ1) is 31.9. The van der Waals surface area contributed by atoms with Gasteiger partial charge in [-0.2, -0.15) is 5.06 Å². The molecule has 8 atom stereocenters. The molecule has 0 spiro atoms. The summed E-state index contributed by atoms with van der Waals surface area (Å²) in [6, 6.07) is 10.7. The highest BCUT2D eigenvalue weighted by Gasteiger charge is 2.57. The number of hydrogen-bond donors (Lipinski definition) is 4. The number of aliphatic hydroxyl groups is 1. The van der Waals surface area contributed by atoms with E-state index in [2.05, 4.69) is 47.3 Å². The third-order valence-electron chi connectivity index (χ3n) is 10.4. The van der Waals surface area contributed by atoms with E-state index in [1.807, 2.05) is 30.3 Å². The molecule has 9 nitrogen and oxygen atoms in total. The number of halogens is 1. The summed E-state index contributed by atoms with van der Waals surface area (Å²) in [6.45, 7) is 9.04. The number of para-hydroxylation sites is 1. The van der Waals surface area contributed by atoms with Crippen LogP contribution in [-0.4, -0.2) is 67.0 Å². The number of methoxy groups -OCH3 is 1. The molecule has 5 N–H and O–H groups in total. The summed E-state index contributed by atoms with van der Waals surface area (Å²) >= 11 is 3.53. The van der Waals surface area contributed by atoms with Gasteiger partial charge in [0.1, 0.15) is 11.8 Å². The molecule has 6 rings (SSSR count). The molecule has 3 aliphatic carbocycles. The summed E-state index contributed by atoms with van der Waals surface area (Å²) in [5.41, 5.74) is 9.34. The van der Waals surface area contributed by atoms with Crippen LogP contribution in [0.5, 0.6) is 5.75 Å². The van der Waals surface area contributed by atoms with Crippen molar-refractivity contribution in [3.05, 3.63) is 52.0 Å². The van der Waals surface area contributed by atoms with E-state index in [4.69, 9.17) is 15.3 Å². The SMILES string of the molecule is CNC(=O)c1cc(Br)cc(-c2cccc(CN3O[C@@H](CN)C(C(C)O)[C@H]3C(=O)N[C@H]3C[C@H]4C[C@@H]([C@@H]3C)C4(C)C)c2OC)c1. The highest BCUT2D eigenvalue weighted by Crippen LogP contribution is 2.61. The number of nitrogens with zero attached hydrogens (tertiary/aromatic N) is 1. The second-order valence-electron chi connectivity index (χ2n) is 13.1. The third-order valence-corrected chi connectivity index (χ3v) is 10.9. The highest BCUT2D eigenvalue weighted by atomic mass is 79.9. The van der Waals surface area contributed by atoms with Gasteiger partial charge in [0.15, 0.2) is 0 Å². The maximum atomic E-state index is 14.1. The standard InChI is InChI=1S/C33H45BrN4O5/c1-17-25-13-22(33(25,3)4)14-26(17)37-32(41)29-28(18(2)39)27(15-35)43-38(29)16-19-8-7-9-24(30(19)42-6)20-10-21(31(40)36-5)12-23(34)11-20/h7-12,17-18,22,25-29,39H,13-16,35H2,1-6H3,(H,36,40)(H,37,41)/t17-,18?,22+,25-,26-,27-,28?,29-/m0/s1. The molecule has 2 aromatic rings. The topological polar surface area (TPSA) is 126 Å². The number of aliphatic hydroxyl groups excluding tert-OH is 1. The Kier molecular flexibility index (Phi) is 9.26. The van der Waals surface area contributed by atoms with Crippen LogP contribution in [-0.2, 0) is 16.2 Å². The van der Waals surface area contributed by atoms with E-state index in [0.717, 1.165) is 27.6 Å². The van der Waals surface area contributed by atoms with Crippen LogP contribution in [0.4, 0.5) is 0 Å². The summed E-state index contributed by atoms with van der Waals surface area (Å²) in [5.74, 6) is 1.34. The number of nitrogens with two attached hydrogens (primary N) is 1. The molecule has 0 aromatic heterocycles. The lowest BCUT2D eigenvalue weighted by Crippen LogP contribution is -2.62. The van der Waals surface area contributed by atoms with Gasteiger partial charge >= 0.3 is 0 Å². The summed E-state index contributed by atoms with van der Waals surface area (Å²) in [6.07, 6.45) is 0.873. The summed E-state index contributed by atoms with van der Waals surface area (Å²) in [4.78, 5) is 32.8. The van der Waals surface area contributed by atoms with Crippen LogP contribution in [0.3, 0.4) is 0 Å². The Morgan fingerprint density at radius 3 is 2.60 bits per heavy atom. The van der Waals surface area contributed by atoms with E-state index in [1.165, 1.54) is 6.42 Å². The molecule has 2 amide bonds. The fourth-order valence-corrected chi connectivity index (χ4v) is 8.39. The predicted octanol–water partition coefficient (Wildman–Crippen LogP) is 4.11. The van der Waals surface area contributed by atoms with Gasteiger partial charge in [-0.05, 0) is 66.7 Å². The third kappa shape index (κ3) is 5.84. The van der Waals surface area contributed by atoms with Gasteiger partial charge in [-0.3, -0.25) is 14.4 Å². The Morgan fingerprint density at radius 2 is 2.00 bits per heavy atom. The van der Waals surface area contributed by atoms with Crippen LogP contribution in [0.25, 0.3) is 11.1 Å². The molecule has 2 unspecified atom stereocenters.